The Bertz CT molecular complexity index is 488. The maximum atomic E-state index is 11.4. The number of alkyl carbamates (subject to hydrolysis) is 1. The van der Waals surface area contributed by atoms with Crippen LogP contribution in [0.2, 0.25) is 5.02 Å². The molecule has 1 aromatic rings. The molecule has 0 saturated heterocycles. The normalized spacial score (nSPS) is 11.3. The summed E-state index contributed by atoms with van der Waals surface area (Å²) in [7, 11) is 0. The average Bonchev–Trinajstić information content (AvgIpc) is 2.46. The smallest absolute Gasteiger partial charge is 0.407 e. The summed E-state index contributed by atoms with van der Waals surface area (Å²) in [5, 5.41) is 6.04. The van der Waals surface area contributed by atoms with Crippen LogP contribution in [0.5, 0.6) is 0 Å². The zero-order chi connectivity index (χ0) is 15.7. The van der Waals surface area contributed by atoms with Crippen LogP contribution in [0.3, 0.4) is 0 Å². The van der Waals surface area contributed by atoms with Gasteiger partial charge in [-0.3, -0.25) is 4.79 Å². The molecule has 0 unspecified atom stereocenters. The predicted molar refractivity (Wildman–Crippen MR) is 82.4 cm³/mol. The highest BCUT2D eigenvalue weighted by Crippen LogP contribution is 2.17. The highest BCUT2D eigenvalue weighted by atomic mass is 35.5. The van der Waals surface area contributed by atoms with E-state index in [0.717, 1.165) is 5.56 Å². The Labute approximate surface area is 129 Å². The third kappa shape index (κ3) is 6.81. The van der Waals surface area contributed by atoms with E-state index >= 15 is 0 Å². The predicted octanol–water partition coefficient (Wildman–Crippen LogP) is 2.47. The first kappa shape index (κ1) is 17.0. The number of carbonyl (C=O) groups excluding carboxylic acids is 2. The second-order valence-electron chi connectivity index (χ2n) is 4.45. The van der Waals surface area contributed by atoms with Crippen LogP contribution in [0.25, 0.3) is 0 Å². The molecule has 0 bridgehead atoms. The van der Waals surface area contributed by atoms with Crippen molar-refractivity contribution in [3.63, 3.8) is 0 Å². The molecule has 2 amide bonds. The second-order valence-corrected chi connectivity index (χ2v) is 4.89. The van der Waals surface area contributed by atoms with Crippen LogP contribution >= 0.6 is 11.6 Å². The van der Waals surface area contributed by atoms with Gasteiger partial charge in [0, 0.05) is 31.0 Å². The van der Waals surface area contributed by atoms with E-state index in [1.807, 2.05) is 12.1 Å². The molecule has 0 saturated carbocycles. The zero-order valence-electron chi connectivity index (χ0n) is 11.9. The van der Waals surface area contributed by atoms with E-state index in [0.29, 0.717) is 18.1 Å². The van der Waals surface area contributed by atoms with Gasteiger partial charge in [-0.05, 0) is 17.7 Å². The number of carbonyl (C=O) groups is 2. The van der Waals surface area contributed by atoms with Crippen LogP contribution in [-0.2, 0) is 9.53 Å². The lowest BCUT2D eigenvalue weighted by Gasteiger charge is -2.18. The number of nitrogens with one attached hydrogen (secondary N) is 2. The third-order valence-corrected chi connectivity index (χ3v) is 3.02. The van der Waals surface area contributed by atoms with Gasteiger partial charge in [0.1, 0.15) is 6.61 Å². The summed E-state index contributed by atoms with van der Waals surface area (Å²) < 4.78 is 4.85. The number of hydrogen-bond acceptors (Lipinski definition) is 3. The maximum absolute atomic E-state index is 11.4. The van der Waals surface area contributed by atoms with Crippen molar-refractivity contribution in [2.24, 2.45) is 0 Å². The number of halogens is 1. The Hall–Kier alpha value is -2.01. The van der Waals surface area contributed by atoms with Crippen molar-refractivity contribution < 1.29 is 14.3 Å². The van der Waals surface area contributed by atoms with Crippen LogP contribution in [-0.4, -0.2) is 31.7 Å². The molecule has 0 spiro atoms. The molecule has 5 nitrogen and oxygen atoms in total. The molecule has 1 aromatic carbocycles. The summed E-state index contributed by atoms with van der Waals surface area (Å²) in [5.74, 6) is -0.189. The Balaban J connectivity index is 2.63. The number of hydrogen-bond donors (Lipinski definition) is 2. The minimum atomic E-state index is -0.517. The van der Waals surface area contributed by atoms with E-state index in [4.69, 9.17) is 16.3 Å². The fourth-order valence-electron chi connectivity index (χ4n) is 1.70. The lowest BCUT2D eigenvalue weighted by atomic mass is 9.99. The first-order valence-corrected chi connectivity index (χ1v) is 6.92. The van der Waals surface area contributed by atoms with Gasteiger partial charge in [0.2, 0.25) is 5.91 Å². The van der Waals surface area contributed by atoms with Gasteiger partial charge in [-0.15, -0.1) is 0 Å². The Morgan fingerprint density at radius 3 is 2.48 bits per heavy atom. The molecule has 0 heterocycles. The monoisotopic (exact) mass is 310 g/mol. The maximum Gasteiger partial charge on any atom is 0.407 e. The van der Waals surface area contributed by atoms with Crippen LogP contribution in [0, 0.1) is 0 Å². The summed E-state index contributed by atoms with van der Waals surface area (Å²) in [5.41, 5.74) is 0.970. The van der Waals surface area contributed by atoms with Gasteiger partial charge in [0.15, 0.2) is 0 Å². The lowest BCUT2D eigenvalue weighted by molar-refractivity contribution is -0.119. The van der Waals surface area contributed by atoms with Gasteiger partial charge in [-0.2, -0.15) is 0 Å². The number of amides is 2. The lowest BCUT2D eigenvalue weighted by Crippen LogP contribution is -2.35. The van der Waals surface area contributed by atoms with Crippen molar-refractivity contribution in [2.45, 2.75) is 12.8 Å². The SMILES string of the molecule is C=CCOC(=O)NC[C@@H](CNC(C)=O)c1ccc(Cl)cc1. The minimum Gasteiger partial charge on any atom is -0.445 e. The van der Waals surface area contributed by atoms with E-state index in [2.05, 4.69) is 17.2 Å². The highest BCUT2D eigenvalue weighted by Gasteiger charge is 2.14. The van der Waals surface area contributed by atoms with Crippen LogP contribution in [0.15, 0.2) is 36.9 Å². The van der Waals surface area contributed by atoms with Crippen LogP contribution in [0.1, 0.15) is 18.4 Å². The third-order valence-electron chi connectivity index (χ3n) is 2.76. The van der Waals surface area contributed by atoms with E-state index in [9.17, 15) is 9.59 Å². The van der Waals surface area contributed by atoms with Gasteiger partial charge in [0.05, 0.1) is 0 Å². The van der Waals surface area contributed by atoms with E-state index in [1.54, 1.807) is 12.1 Å². The summed E-state index contributed by atoms with van der Waals surface area (Å²) in [6.07, 6.45) is 0.977. The van der Waals surface area contributed by atoms with E-state index in [1.165, 1.54) is 13.0 Å². The van der Waals surface area contributed by atoms with Crippen molar-refractivity contribution in [3.8, 4) is 0 Å². The fraction of sp³-hybridized carbons (Fsp3) is 0.333. The standard InChI is InChI=1S/C15H19ClN2O3/c1-3-8-21-15(20)18-10-13(9-17-11(2)19)12-4-6-14(16)7-5-12/h3-7,13H,1,8-10H2,2H3,(H,17,19)(H,18,20)/t13-/m1/s1. The van der Waals surface area contributed by atoms with Crippen molar-refractivity contribution >= 4 is 23.6 Å². The van der Waals surface area contributed by atoms with E-state index in [-0.39, 0.29) is 18.4 Å². The Kier molecular flexibility index (Phi) is 7.32. The molecule has 0 aliphatic heterocycles. The summed E-state index contributed by atoms with van der Waals surface area (Å²) in [6.45, 7) is 5.83. The first-order valence-electron chi connectivity index (χ1n) is 6.54. The molecular formula is C15H19ClN2O3. The molecule has 114 valence electrons. The van der Waals surface area contributed by atoms with Crippen molar-refractivity contribution in [1.29, 1.82) is 0 Å². The fourth-order valence-corrected chi connectivity index (χ4v) is 1.83. The van der Waals surface area contributed by atoms with Gasteiger partial charge < -0.3 is 15.4 Å². The molecule has 1 atom stereocenters. The Morgan fingerprint density at radius 1 is 1.29 bits per heavy atom. The quantitative estimate of drug-likeness (QED) is 0.760. The largest absolute Gasteiger partial charge is 0.445 e. The molecule has 0 aromatic heterocycles. The summed E-state index contributed by atoms with van der Waals surface area (Å²) in [6, 6.07) is 7.28. The Morgan fingerprint density at radius 2 is 1.90 bits per heavy atom. The molecule has 0 radical (unpaired) electrons. The average molecular weight is 311 g/mol. The summed E-state index contributed by atoms with van der Waals surface area (Å²) in [4.78, 5) is 22.5. The summed E-state index contributed by atoms with van der Waals surface area (Å²) >= 11 is 5.86. The number of benzene rings is 1. The van der Waals surface area contributed by atoms with Crippen molar-refractivity contribution in [3.05, 3.63) is 47.5 Å². The molecule has 21 heavy (non-hydrogen) atoms. The number of ether oxygens (including phenoxy) is 1. The van der Waals surface area contributed by atoms with Gasteiger partial charge in [-0.1, -0.05) is 36.4 Å². The topological polar surface area (TPSA) is 67.4 Å². The van der Waals surface area contributed by atoms with E-state index < -0.39 is 6.09 Å². The van der Waals surface area contributed by atoms with Gasteiger partial charge in [-0.25, -0.2) is 4.79 Å². The van der Waals surface area contributed by atoms with Crippen molar-refractivity contribution in [2.75, 3.05) is 19.7 Å². The minimum absolute atomic E-state index is 0.0672. The van der Waals surface area contributed by atoms with Crippen LogP contribution < -0.4 is 10.6 Å². The van der Waals surface area contributed by atoms with Crippen LogP contribution in [0.4, 0.5) is 4.79 Å². The molecule has 6 heteroatoms. The zero-order valence-corrected chi connectivity index (χ0v) is 12.7. The highest BCUT2D eigenvalue weighted by molar-refractivity contribution is 6.30. The molecule has 1 rings (SSSR count). The van der Waals surface area contributed by atoms with Gasteiger partial charge in [0.25, 0.3) is 0 Å². The molecule has 0 aliphatic carbocycles. The molecular weight excluding hydrogens is 292 g/mol. The van der Waals surface area contributed by atoms with Gasteiger partial charge >= 0.3 is 6.09 Å². The molecule has 2 N–H and O–H groups in total. The number of rotatable bonds is 7. The second kappa shape index (κ2) is 9.02. The van der Waals surface area contributed by atoms with Crippen molar-refractivity contribution in [1.82, 2.24) is 10.6 Å². The first-order chi connectivity index (χ1) is 10.0. The molecule has 0 aliphatic rings. The molecule has 0 fully saturated rings.